The Morgan fingerprint density at radius 1 is 1.08 bits per heavy atom. The van der Waals surface area contributed by atoms with Crippen molar-refractivity contribution in [2.45, 2.75) is 62.8 Å². The van der Waals surface area contributed by atoms with Gasteiger partial charge < -0.3 is 9.84 Å². The van der Waals surface area contributed by atoms with Gasteiger partial charge in [0, 0.05) is 12.8 Å². The molecule has 1 aliphatic carbocycles. The minimum Gasteiger partial charge on any atom is -0.390 e. The van der Waals surface area contributed by atoms with Gasteiger partial charge in [-0.2, -0.15) is 0 Å². The zero-order valence-electron chi connectivity index (χ0n) is 8.04. The Labute approximate surface area is 79.3 Å². The average molecular weight is 182 g/mol. The van der Waals surface area contributed by atoms with Crippen LogP contribution in [0, 0.1) is 5.92 Å². The lowest BCUT2D eigenvalue weighted by Gasteiger charge is -2.36. The Balaban J connectivity index is 1.68. The minimum atomic E-state index is -0.356. The van der Waals surface area contributed by atoms with Gasteiger partial charge in [-0.25, -0.2) is 0 Å². The van der Waals surface area contributed by atoms with Gasteiger partial charge in [-0.05, 0) is 25.2 Å². The molecule has 0 amide bonds. The summed E-state index contributed by atoms with van der Waals surface area (Å²) in [6.07, 6.45) is 8.65. The summed E-state index contributed by atoms with van der Waals surface area (Å²) < 4.78 is 5.73. The number of fused-ring (bicyclic) bond motifs is 2. The van der Waals surface area contributed by atoms with E-state index in [0.29, 0.717) is 12.2 Å². The zero-order valence-corrected chi connectivity index (χ0v) is 8.04. The van der Waals surface area contributed by atoms with E-state index in [1.807, 2.05) is 0 Å². The first-order valence-corrected chi connectivity index (χ1v) is 5.61. The zero-order chi connectivity index (χ0) is 8.89. The van der Waals surface area contributed by atoms with Gasteiger partial charge in [0.1, 0.15) is 0 Å². The molecule has 2 aliphatic heterocycles. The van der Waals surface area contributed by atoms with Crippen molar-refractivity contribution in [3.8, 4) is 0 Å². The van der Waals surface area contributed by atoms with Crippen LogP contribution in [0.15, 0.2) is 0 Å². The number of hydrogen-bond donors (Lipinski definition) is 1. The van der Waals surface area contributed by atoms with Gasteiger partial charge in [-0.3, -0.25) is 0 Å². The van der Waals surface area contributed by atoms with Crippen molar-refractivity contribution < 1.29 is 9.84 Å². The lowest BCUT2D eigenvalue weighted by atomic mass is 9.85. The maximum atomic E-state index is 10.4. The Morgan fingerprint density at radius 2 is 1.69 bits per heavy atom. The van der Waals surface area contributed by atoms with Crippen molar-refractivity contribution in [2.75, 3.05) is 0 Å². The molecular formula is C11H18O2. The summed E-state index contributed by atoms with van der Waals surface area (Å²) in [7, 11) is 0. The van der Waals surface area contributed by atoms with E-state index < -0.39 is 0 Å². The SMILES string of the molecule is OC1(CC2CC2)CC2CCC(C1)O2. The van der Waals surface area contributed by atoms with E-state index in [4.69, 9.17) is 4.74 Å². The van der Waals surface area contributed by atoms with Crippen LogP contribution in [0.3, 0.4) is 0 Å². The molecule has 0 aromatic rings. The summed E-state index contributed by atoms with van der Waals surface area (Å²) >= 11 is 0. The van der Waals surface area contributed by atoms with Crippen LogP contribution < -0.4 is 0 Å². The minimum absolute atomic E-state index is 0.356. The number of ether oxygens (including phenoxy) is 1. The van der Waals surface area contributed by atoms with Crippen molar-refractivity contribution in [1.82, 2.24) is 0 Å². The Hall–Kier alpha value is -0.0800. The molecular weight excluding hydrogens is 164 g/mol. The van der Waals surface area contributed by atoms with E-state index in [-0.39, 0.29) is 5.60 Å². The Bertz CT molecular complexity index is 198. The third-order valence-electron chi connectivity index (χ3n) is 3.78. The lowest BCUT2D eigenvalue weighted by molar-refractivity contribution is -0.116. The van der Waals surface area contributed by atoms with Crippen LogP contribution in [0.5, 0.6) is 0 Å². The molecule has 3 aliphatic rings. The third-order valence-corrected chi connectivity index (χ3v) is 3.78. The molecule has 3 rings (SSSR count). The van der Waals surface area contributed by atoms with Crippen LogP contribution in [0.2, 0.25) is 0 Å². The fourth-order valence-corrected chi connectivity index (χ4v) is 3.04. The van der Waals surface area contributed by atoms with Gasteiger partial charge in [0.05, 0.1) is 17.8 Å². The van der Waals surface area contributed by atoms with Crippen LogP contribution in [-0.2, 0) is 4.74 Å². The molecule has 2 heteroatoms. The molecule has 2 nitrogen and oxygen atoms in total. The standard InChI is InChI=1S/C11H18O2/c12-11(5-8-1-2-8)6-9-3-4-10(7-11)13-9/h8-10,12H,1-7H2. The van der Waals surface area contributed by atoms with E-state index in [1.54, 1.807) is 0 Å². The molecule has 0 aromatic heterocycles. The van der Waals surface area contributed by atoms with Crippen molar-refractivity contribution in [3.63, 3.8) is 0 Å². The Kier molecular flexibility index (Phi) is 1.72. The van der Waals surface area contributed by atoms with Crippen LogP contribution >= 0.6 is 0 Å². The van der Waals surface area contributed by atoms with Gasteiger partial charge in [0.15, 0.2) is 0 Å². The highest BCUT2D eigenvalue weighted by atomic mass is 16.5. The molecule has 2 unspecified atom stereocenters. The molecule has 0 spiro atoms. The van der Waals surface area contributed by atoms with Gasteiger partial charge in [0.25, 0.3) is 0 Å². The highest BCUT2D eigenvalue weighted by molar-refractivity contribution is 4.97. The Morgan fingerprint density at radius 3 is 2.23 bits per heavy atom. The second-order valence-electron chi connectivity index (χ2n) is 5.24. The summed E-state index contributed by atoms with van der Waals surface area (Å²) in [5.41, 5.74) is -0.356. The fourth-order valence-electron chi connectivity index (χ4n) is 3.04. The first kappa shape index (κ1) is 8.25. The average Bonchev–Trinajstić information content (AvgIpc) is 2.77. The molecule has 1 saturated carbocycles. The van der Waals surface area contributed by atoms with E-state index in [9.17, 15) is 5.11 Å². The van der Waals surface area contributed by atoms with Crippen LogP contribution in [0.25, 0.3) is 0 Å². The topological polar surface area (TPSA) is 29.5 Å². The summed E-state index contributed by atoms with van der Waals surface area (Å²) in [5, 5.41) is 10.4. The molecule has 2 bridgehead atoms. The molecule has 0 radical (unpaired) electrons. The first-order chi connectivity index (χ1) is 6.23. The van der Waals surface area contributed by atoms with Gasteiger partial charge in [-0.1, -0.05) is 12.8 Å². The van der Waals surface area contributed by atoms with Crippen LogP contribution in [0.4, 0.5) is 0 Å². The van der Waals surface area contributed by atoms with Crippen LogP contribution in [0.1, 0.15) is 44.9 Å². The molecule has 13 heavy (non-hydrogen) atoms. The quantitative estimate of drug-likeness (QED) is 0.706. The fraction of sp³-hybridized carbons (Fsp3) is 1.00. The molecule has 1 N–H and O–H groups in total. The number of rotatable bonds is 2. The van der Waals surface area contributed by atoms with Crippen molar-refractivity contribution in [1.29, 1.82) is 0 Å². The summed E-state index contributed by atoms with van der Waals surface area (Å²) in [4.78, 5) is 0. The molecule has 0 aromatic carbocycles. The molecule has 3 fully saturated rings. The van der Waals surface area contributed by atoms with Crippen molar-refractivity contribution in [2.24, 2.45) is 5.92 Å². The van der Waals surface area contributed by atoms with E-state index >= 15 is 0 Å². The summed E-state index contributed by atoms with van der Waals surface area (Å²) in [6.45, 7) is 0. The second-order valence-corrected chi connectivity index (χ2v) is 5.24. The van der Waals surface area contributed by atoms with Crippen LogP contribution in [-0.4, -0.2) is 22.9 Å². The highest BCUT2D eigenvalue weighted by Crippen LogP contribution is 2.45. The molecule has 2 atom stereocenters. The smallest absolute Gasteiger partial charge is 0.0699 e. The van der Waals surface area contributed by atoms with Gasteiger partial charge in [0.2, 0.25) is 0 Å². The van der Waals surface area contributed by atoms with E-state index in [0.717, 1.165) is 25.2 Å². The summed E-state index contributed by atoms with van der Waals surface area (Å²) in [6, 6.07) is 0. The predicted molar refractivity (Wildman–Crippen MR) is 49.4 cm³/mol. The summed E-state index contributed by atoms with van der Waals surface area (Å²) in [5.74, 6) is 0.836. The lowest BCUT2D eigenvalue weighted by Crippen LogP contribution is -2.41. The van der Waals surface area contributed by atoms with E-state index in [1.165, 1.54) is 25.7 Å². The van der Waals surface area contributed by atoms with Crippen molar-refractivity contribution in [3.05, 3.63) is 0 Å². The highest BCUT2D eigenvalue weighted by Gasteiger charge is 2.45. The van der Waals surface area contributed by atoms with Gasteiger partial charge >= 0.3 is 0 Å². The van der Waals surface area contributed by atoms with E-state index in [2.05, 4.69) is 0 Å². The maximum Gasteiger partial charge on any atom is 0.0699 e. The molecule has 74 valence electrons. The molecule has 2 heterocycles. The predicted octanol–water partition coefficient (Wildman–Crippen LogP) is 1.86. The maximum absolute atomic E-state index is 10.4. The van der Waals surface area contributed by atoms with Crippen molar-refractivity contribution >= 4 is 0 Å². The number of aliphatic hydroxyl groups is 1. The monoisotopic (exact) mass is 182 g/mol. The third kappa shape index (κ3) is 1.62. The molecule has 2 saturated heterocycles. The van der Waals surface area contributed by atoms with Gasteiger partial charge in [-0.15, -0.1) is 0 Å². The normalized spacial score (nSPS) is 49.6. The second kappa shape index (κ2) is 2.71. The largest absolute Gasteiger partial charge is 0.390 e. The first-order valence-electron chi connectivity index (χ1n) is 5.61. The number of hydrogen-bond acceptors (Lipinski definition) is 2.